The number of rotatable bonds is 4. The zero-order valence-corrected chi connectivity index (χ0v) is 14.2. The summed E-state index contributed by atoms with van der Waals surface area (Å²) in [4.78, 5) is 13.2. The van der Waals surface area contributed by atoms with Gasteiger partial charge in [0.25, 0.3) is 0 Å². The van der Waals surface area contributed by atoms with Crippen LogP contribution in [-0.4, -0.2) is 52.5 Å². The maximum absolute atomic E-state index is 4.72. The number of likely N-dealkylation sites (N-methyl/N-ethyl adjacent to an activating group) is 1. The van der Waals surface area contributed by atoms with E-state index < -0.39 is 0 Å². The fourth-order valence-electron chi connectivity index (χ4n) is 3.43. The summed E-state index contributed by atoms with van der Waals surface area (Å²) >= 11 is 0. The third kappa shape index (κ3) is 3.21. The predicted molar refractivity (Wildman–Crippen MR) is 98.9 cm³/mol. The third-order valence-electron chi connectivity index (χ3n) is 4.91. The van der Waals surface area contributed by atoms with Gasteiger partial charge in [0.1, 0.15) is 5.82 Å². The van der Waals surface area contributed by atoms with E-state index in [1.807, 2.05) is 18.2 Å². The molecule has 0 radical (unpaired) electrons. The van der Waals surface area contributed by atoms with E-state index in [9.17, 15) is 0 Å². The number of aromatic amines is 1. The maximum atomic E-state index is 4.72. The van der Waals surface area contributed by atoms with Gasteiger partial charge >= 0.3 is 0 Å². The largest absolute Gasteiger partial charge is 0.338 e. The summed E-state index contributed by atoms with van der Waals surface area (Å²) < 4.78 is 0. The summed E-state index contributed by atoms with van der Waals surface area (Å²) in [7, 11) is 0. The standard InChI is InChI=1S/C20H24N4/c1-2-23-10-12-24(13-11-23)15-16-6-5-7-17(14-16)20-21-18-8-3-4-9-19(18)22-20/h3-9,14H,2,10-13,15H2,1H3,(H,21,22). The van der Waals surface area contributed by atoms with Crippen LogP contribution in [-0.2, 0) is 6.54 Å². The predicted octanol–water partition coefficient (Wildman–Crippen LogP) is 3.37. The molecule has 1 aliphatic heterocycles. The molecule has 4 heteroatoms. The molecule has 2 heterocycles. The van der Waals surface area contributed by atoms with Crippen molar-refractivity contribution in [2.75, 3.05) is 32.7 Å². The van der Waals surface area contributed by atoms with Gasteiger partial charge in [0.2, 0.25) is 0 Å². The number of para-hydroxylation sites is 2. The number of nitrogens with zero attached hydrogens (tertiary/aromatic N) is 3. The Morgan fingerprint density at radius 1 is 0.958 bits per heavy atom. The van der Waals surface area contributed by atoms with Crippen LogP contribution in [0.25, 0.3) is 22.4 Å². The fraction of sp³-hybridized carbons (Fsp3) is 0.350. The van der Waals surface area contributed by atoms with Gasteiger partial charge < -0.3 is 9.88 Å². The molecular formula is C20H24N4. The molecule has 0 aliphatic carbocycles. The Morgan fingerprint density at radius 2 is 1.75 bits per heavy atom. The van der Waals surface area contributed by atoms with Gasteiger partial charge in [-0.25, -0.2) is 4.98 Å². The number of fused-ring (bicyclic) bond motifs is 1. The minimum atomic E-state index is 0.953. The summed E-state index contributed by atoms with van der Waals surface area (Å²) in [5.41, 5.74) is 4.64. The van der Waals surface area contributed by atoms with Gasteiger partial charge in [-0.1, -0.05) is 37.3 Å². The Labute approximate surface area is 143 Å². The van der Waals surface area contributed by atoms with Crippen LogP contribution in [0.2, 0.25) is 0 Å². The first-order chi connectivity index (χ1) is 11.8. The van der Waals surface area contributed by atoms with Crippen molar-refractivity contribution in [2.24, 2.45) is 0 Å². The van der Waals surface area contributed by atoms with E-state index in [0.717, 1.165) is 48.6 Å². The lowest BCUT2D eigenvalue weighted by atomic mass is 10.1. The number of imidazole rings is 1. The summed E-state index contributed by atoms with van der Waals surface area (Å²) in [5.74, 6) is 0.953. The highest BCUT2D eigenvalue weighted by Crippen LogP contribution is 2.22. The second-order valence-electron chi connectivity index (χ2n) is 6.51. The molecule has 1 aliphatic rings. The van der Waals surface area contributed by atoms with E-state index in [4.69, 9.17) is 4.98 Å². The van der Waals surface area contributed by atoms with Gasteiger partial charge in [0, 0.05) is 38.3 Å². The van der Waals surface area contributed by atoms with Gasteiger partial charge in [-0.3, -0.25) is 4.90 Å². The number of aromatic nitrogens is 2. The van der Waals surface area contributed by atoms with Gasteiger partial charge in [-0.2, -0.15) is 0 Å². The number of benzene rings is 2. The lowest BCUT2D eigenvalue weighted by molar-refractivity contribution is 0.132. The molecule has 1 saturated heterocycles. The van der Waals surface area contributed by atoms with E-state index in [1.165, 1.54) is 18.7 Å². The van der Waals surface area contributed by atoms with Crippen LogP contribution in [0.4, 0.5) is 0 Å². The topological polar surface area (TPSA) is 35.2 Å². The Morgan fingerprint density at radius 3 is 2.54 bits per heavy atom. The van der Waals surface area contributed by atoms with Crippen LogP contribution in [0.3, 0.4) is 0 Å². The highest BCUT2D eigenvalue weighted by atomic mass is 15.3. The summed E-state index contributed by atoms with van der Waals surface area (Å²) in [5, 5.41) is 0. The molecule has 3 aromatic rings. The molecule has 4 rings (SSSR count). The molecule has 0 saturated carbocycles. The highest BCUT2D eigenvalue weighted by molar-refractivity contribution is 5.79. The molecule has 0 amide bonds. The normalized spacial score (nSPS) is 16.7. The first-order valence-corrected chi connectivity index (χ1v) is 8.80. The zero-order valence-electron chi connectivity index (χ0n) is 14.2. The molecule has 1 aromatic heterocycles. The van der Waals surface area contributed by atoms with Crippen molar-refractivity contribution < 1.29 is 0 Å². The SMILES string of the molecule is CCN1CCN(Cc2cccc(-c3nc4ccccc4[nH]3)c2)CC1. The first kappa shape index (κ1) is 15.4. The summed E-state index contributed by atoms with van der Waals surface area (Å²) in [6.45, 7) is 9.10. The van der Waals surface area contributed by atoms with E-state index in [1.54, 1.807) is 0 Å². The monoisotopic (exact) mass is 320 g/mol. The highest BCUT2D eigenvalue weighted by Gasteiger charge is 2.15. The molecule has 2 aromatic carbocycles. The molecule has 1 N–H and O–H groups in total. The van der Waals surface area contributed by atoms with Crippen molar-refractivity contribution in [1.82, 2.24) is 19.8 Å². The van der Waals surface area contributed by atoms with Crippen LogP contribution < -0.4 is 0 Å². The Hall–Kier alpha value is -2.17. The quantitative estimate of drug-likeness (QED) is 0.800. The van der Waals surface area contributed by atoms with Crippen molar-refractivity contribution in [3.8, 4) is 11.4 Å². The molecule has 24 heavy (non-hydrogen) atoms. The third-order valence-corrected chi connectivity index (χ3v) is 4.91. The second-order valence-corrected chi connectivity index (χ2v) is 6.51. The lowest BCUT2D eigenvalue weighted by Gasteiger charge is -2.34. The number of hydrogen-bond acceptors (Lipinski definition) is 3. The lowest BCUT2D eigenvalue weighted by Crippen LogP contribution is -2.45. The smallest absolute Gasteiger partial charge is 0.138 e. The van der Waals surface area contributed by atoms with Crippen molar-refractivity contribution in [3.05, 3.63) is 54.1 Å². The molecule has 124 valence electrons. The van der Waals surface area contributed by atoms with Gasteiger partial charge in [0.15, 0.2) is 0 Å². The van der Waals surface area contributed by atoms with Crippen molar-refractivity contribution in [2.45, 2.75) is 13.5 Å². The average Bonchev–Trinajstić information content (AvgIpc) is 3.07. The van der Waals surface area contributed by atoms with Crippen LogP contribution >= 0.6 is 0 Å². The molecule has 0 atom stereocenters. The Bertz CT molecular complexity index is 782. The molecular weight excluding hydrogens is 296 g/mol. The summed E-state index contributed by atoms with van der Waals surface area (Å²) in [6.07, 6.45) is 0. The molecule has 4 nitrogen and oxygen atoms in total. The zero-order chi connectivity index (χ0) is 16.4. The number of H-pyrrole nitrogens is 1. The Balaban J connectivity index is 1.51. The van der Waals surface area contributed by atoms with E-state index in [-0.39, 0.29) is 0 Å². The summed E-state index contributed by atoms with van der Waals surface area (Å²) in [6, 6.07) is 16.9. The van der Waals surface area contributed by atoms with Gasteiger partial charge in [-0.05, 0) is 30.3 Å². The number of nitrogens with one attached hydrogen (secondary N) is 1. The average molecular weight is 320 g/mol. The Kier molecular flexibility index (Phi) is 4.32. The second kappa shape index (κ2) is 6.75. The van der Waals surface area contributed by atoms with E-state index in [2.05, 4.69) is 52.0 Å². The number of piperazine rings is 1. The number of hydrogen-bond donors (Lipinski definition) is 1. The van der Waals surface area contributed by atoms with Crippen molar-refractivity contribution in [3.63, 3.8) is 0 Å². The first-order valence-electron chi connectivity index (χ1n) is 8.80. The van der Waals surface area contributed by atoms with Crippen molar-refractivity contribution in [1.29, 1.82) is 0 Å². The minimum Gasteiger partial charge on any atom is -0.338 e. The van der Waals surface area contributed by atoms with E-state index in [0.29, 0.717) is 0 Å². The molecule has 0 unspecified atom stereocenters. The van der Waals surface area contributed by atoms with Gasteiger partial charge in [-0.15, -0.1) is 0 Å². The van der Waals surface area contributed by atoms with Crippen LogP contribution in [0, 0.1) is 0 Å². The van der Waals surface area contributed by atoms with Crippen LogP contribution in [0.5, 0.6) is 0 Å². The van der Waals surface area contributed by atoms with Crippen molar-refractivity contribution >= 4 is 11.0 Å². The molecule has 0 bridgehead atoms. The fourth-order valence-corrected chi connectivity index (χ4v) is 3.43. The molecule has 1 fully saturated rings. The minimum absolute atomic E-state index is 0.953. The van der Waals surface area contributed by atoms with Crippen LogP contribution in [0.15, 0.2) is 48.5 Å². The van der Waals surface area contributed by atoms with Gasteiger partial charge in [0.05, 0.1) is 11.0 Å². The molecule has 0 spiro atoms. The van der Waals surface area contributed by atoms with E-state index >= 15 is 0 Å². The van der Waals surface area contributed by atoms with Crippen LogP contribution in [0.1, 0.15) is 12.5 Å². The maximum Gasteiger partial charge on any atom is 0.138 e.